The molecule has 148 valence electrons. The number of carbonyl (C=O) groups is 2. The van der Waals surface area contributed by atoms with Gasteiger partial charge in [0.25, 0.3) is 0 Å². The fourth-order valence-corrected chi connectivity index (χ4v) is 3.51. The van der Waals surface area contributed by atoms with Gasteiger partial charge in [-0.2, -0.15) is 4.98 Å². The van der Waals surface area contributed by atoms with Crippen LogP contribution in [0.15, 0.2) is 28.8 Å². The van der Waals surface area contributed by atoms with Gasteiger partial charge < -0.3 is 14.7 Å². The topological polar surface area (TPSA) is 88.3 Å². The van der Waals surface area contributed by atoms with Crippen LogP contribution in [0.1, 0.15) is 38.0 Å². The van der Waals surface area contributed by atoms with Crippen molar-refractivity contribution in [1.29, 1.82) is 0 Å². The fraction of sp³-hybridized carbons (Fsp3) is 0.500. The number of piperidine rings is 1. The maximum Gasteiger partial charge on any atom is 0.227 e. The molecule has 0 atom stereocenters. The molecule has 1 aromatic heterocycles. The Balaban J connectivity index is 1.22. The average Bonchev–Trinajstić information content (AvgIpc) is 3.46. The van der Waals surface area contributed by atoms with E-state index in [1.807, 2.05) is 17.0 Å². The van der Waals surface area contributed by atoms with Crippen molar-refractivity contribution in [2.24, 2.45) is 5.92 Å². The van der Waals surface area contributed by atoms with Crippen LogP contribution in [0.25, 0.3) is 11.4 Å². The Kier molecular flexibility index (Phi) is 5.62. The SMILES string of the molecule is O=C(NC1CCN(C(=O)CCc2nc(-c3ccc(Cl)cc3)no2)CC1)C1CC1. The van der Waals surface area contributed by atoms with Crippen molar-refractivity contribution in [2.45, 2.75) is 44.6 Å². The lowest BCUT2D eigenvalue weighted by Gasteiger charge is -2.32. The lowest BCUT2D eigenvalue weighted by molar-refractivity contribution is -0.132. The Labute approximate surface area is 168 Å². The maximum absolute atomic E-state index is 12.5. The molecule has 0 unspecified atom stereocenters. The molecule has 2 aromatic rings. The molecule has 0 spiro atoms. The Hall–Kier alpha value is -2.41. The van der Waals surface area contributed by atoms with Crippen LogP contribution in [0, 0.1) is 5.92 Å². The number of hydrogen-bond acceptors (Lipinski definition) is 5. The van der Waals surface area contributed by atoms with Crippen LogP contribution in [-0.4, -0.2) is 46.0 Å². The van der Waals surface area contributed by atoms with Gasteiger partial charge in [-0.3, -0.25) is 9.59 Å². The van der Waals surface area contributed by atoms with E-state index in [4.69, 9.17) is 16.1 Å². The number of rotatable bonds is 6. The minimum absolute atomic E-state index is 0.0817. The second kappa shape index (κ2) is 8.31. The molecule has 7 nitrogen and oxygen atoms in total. The van der Waals surface area contributed by atoms with Crippen molar-refractivity contribution in [2.75, 3.05) is 13.1 Å². The predicted octanol–water partition coefficient (Wildman–Crippen LogP) is 2.84. The largest absolute Gasteiger partial charge is 0.353 e. The summed E-state index contributed by atoms with van der Waals surface area (Å²) in [6.07, 6.45) is 4.40. The van der Waals surface area contributed by atoms with Crippen molar-refractivity contribution >= 4 is 23.4 Å². The Morgan fingerprint density at radius 3 is 2.54 bits per heavy atom. The van der Waals surface area contributed by atoms with Crippen molar-refractivity contribution in [3.63, 3.8) is 0 Å². The van der Waals surface area contributed by atoms with Crippen LogP contribution in [0.5, 0.6) is 0 Å². The molecule has 0 bridgehead atoms. The molecule has 1 aliphatic carbocycles. The molecule has 28 heavy (non-hydrogen) atoms. The number of nitrogens with zero attached hydrogens (tertiary/aromatic N) is 3. The Morgan fingerprint density at radius 2 is 1.86 bits per heavy atom. The number of aryl methyl sites for hydroxylation is 1. The van der Waals surface area contributed by atoms with Crippen molar-refractivity contribution < 1.29 is 14.1 Å². The predicted molar refractivity (Wildman–Crippen MR) is 104 cm³/mol. The molecule has 1 N–H and O–H groups in total. The van der Waals surface area contributed by atoms with Gasteiger partial charge in [0, 0.05) is 48.5 Å². The number of carbonyl (C=O) groups excluding carboxylic acids is 2. The summed E-state index contributed by atoms with van der Waals surface area (Å²) in [5.74, 6) is 1.43. The zero-order valence-corrected chi connectivity index (χ0v) is 16.3. The summed E-state index contributed by atoms with van der Waals surface area (Å²) >= 11 is 5.89. The molecule has 8 heteroatoms. The van der Waals surface area contributed by atoms with Crippen LogP contribution in [0.4, 0.5) is 0 Å². The normalized spacial score (nSPS) is 17.5. The van der Waals surface area contributed by atoms with Gasteiger partial charge in [-0.05, 0) is 49.9 Å². The maximum atomic E-state index is 12.5. The van der Waals surface area contributed by atoms with E-state index in [9.17, 15) is 9.59 Å². The van der Waals surface area contributed by atoms with E-state index >= 15 is 0 Å². The molecule has 2 amide bonds. The second-order valence-electron chi connectivity index (χ2n) is 7.46. The molecule has 1 aliphatic heterocycles. The number of nitrogens with one attached hydrogen (secondary N) is 1. The first kappa shape index (κ1) is 18.9. The van der Waals surface area contributed by atoms with Crippen LogP contribution in [-0.2, 0) is 16.0 Å². The van der Waals surface area contributed by atoms with Crippen molar-refractivity contribution in [3.05, 3.63) is 35.2 Å². The summed E-state index contributed by atoms with van der Waals surface area (Å²) in [4.78, 5) is 30.5. The van der Waals surface area contributed by atoms with Crippen molar-refractivity contribution in [3.8, 4) is 11.4 Å². The molecule has 2 heterocycles. The standard InChI is InChI=1S/C20H23ClN4O3/c21-15-5-3-13(4-6-15)19-23-17(28-24-19)7-8-18(26)25-11-9-16(10-12-25)22-20(27)14-1-2-14/h3-6,14,16H,1-2,7-12H2,(H,22,27). The zero-order chi connectivity index (χ0) is 19.5. The number of aromatic nitrogens is 2. The highest BCUT2D eigenvalue weighted by Crippen LogP contribution is 2.29. The summed E-state index contributed by atoms with van der Waals surface area (Å²) in [5, 5.41) is 7.72. The number of halogens is 1. The van der Waals surface area contributed by atoms with Gasteiger partial charge >= 0.3 is 0 Å². The molecule has 1 saturated carbocycles. The van der Waals surface area contributed by atoms with Gasteiger partial charge in [0.1, 0.15) is 0 Å². The van der Waals surface area contributed by atoms with Gasteiger partial charge in [0.2, 0.25) is 23.5 Å². The first-order valence-corrected chi connectivity index (χ1v) is 10.1. The monoisotopic (exact) mass is 402 g/mol. The third-order valence-corrected chi connectivity index (χ3v) is 5.52. The molecule has 2 aliphatic rings. The molecule has 1 saturated heterocycles. The molecule has 1 aromatic carbocycles. The Morgan fingerprint density at radius 1 is 1.14 bits per heavy atom. The van der Waals surface area contributed by atoms with E-state index in [0.717, 1.165) is 31.2 Å². The quantitative estimate of drug-likeness (QED) is 0.802. The zero-order valence-electron chi connectivity index (χ0n) is 15.6. The van der Waals surface area contributed by atoms with Crippen LogP contribution >= 0.6 is 11.6 Å². The lowest BCUT2D eigenvalue weighted by Crippen LogP contribution is -2.47. The first-order valence-electron chi connectivity index (χ1n) is 9.75. The van der Waals surface area contributed by atoms with E-state index in [-0.39, 0.29) is 23.8 Å². The molecule has 4 rings (SSSR count). The smallest absolute Gasteiger partial charge is 0.227 e. The van der Waals surface area contributed by atoms with Gasteiger partial charge in [-0.15, -0.1) is 0 Å². The van der Waals surface area contributed by atoms with Crippen LogP contribution in [0.3, 0.4) is 0 Å². The van der Waals surface area contributed by atoms with Crippen LogP contribution in [0.2, 0.25) is 5.02 Å². The highest BCUT2D eigenvalue weighted by molar-refractivity contribution is 6.30. The van der Waals surface area contributed by atoms with E-state index in [0.29, 0.717) is 42.7 Å². The molecule has 2 fully saturated rings. The number of amides is 2. The highest BCUT2D eigenvalue weighted by atomic mass is 35.5. The number of likely N-dealkylation sites (tertiary alicyclic amines) is 1. The van der Waals surface area contributed by atoms with E-state index in [1.165, 1.54) is 0 Å². The van der Waals surface area contributed by atoms with E-state index in [1.54, 1.807) is 12.1 Å². The molecule has 0 radical (unpaired) electrons. The minimum Gasteiger partial charge on any atom is -0.353 e. The van der Waals surface area contributed by atoms with Gasteiger partial charge in [-0.1, -0.05) is 16.8 Å². The molecular formula is C20H23ClN4O3. The average molecular weight is 403 g/mol. The van der Waals surface area contributed by atoms with Gasteiger partial charge in [0.05, 0.1) is 0 Å². The fourth-order valence-electron chi connectivity index (χ4n) is 3.38. The lowest BCUT2D eigenvalue weighted by atomic mass is 10.0. The summed E-state index contributed by atoms with van der Waals surface area (Å²) in [6, 6.07) is 7.39. The second-order valence-corrected chi connectivity index (χ2v) is 7.89. The highest BCUT2D eigenvalue weighted by Gasteiger charge is 2.32. The van der Waals surface area contributed by atoms with Crippen molar-refractivity contribution in [1.82, 2.24) is 20.4 Å². The summed E-state index contributed by atoms with van der Waals surface area (Å²) in [7, 11) is 0. The van der Waals surface area contributed by atoms with Gasteiger partial charge in [-0.25, -0.2) is 0 Å². The van der Waals surface area contributed by atoms with E-state index < -0.39 is 0 Å². The number of hydrogen-bond donors (Lipinski definition) is 1. The minimum atomic E-state index is 0.0817. The molecular weight excluding hydrogens is 380 g/mol. The van der Waals surface area contributed by atoms with Gasteiger partial charge in [0.15, 0.2) is 0 Å². The third-order valence-electron chi connectivity index (χ3n) is 5.27. The summed E-state index contributed by atoms with van der Waals surface area (Å²) in [6.45, 7) is 1.35. The number of benzene rings is 1. The van der Waals surface area contributed by atoms with Crippen LogP contribution < -0.4 is 5.32 Å². The third kappa shape index (κ3) is 4.70. The summed E-state index contributed by atoms with van der Waals surface area (Å²) < 4.78 is 5.26. The van der Waals surface area contributed by atoms with E-state index in [2.05, 4.69) is 15.5 Å². The Bertz CT molecular complexity index is 839. The summed E-state index contributed by atoms with van der Waals surface area (Å²) in [5.41, 5.74) is 0.820. The first-order chi connectivity index (χ1) is 13.6.